The first-order valence-electron chi connectivity index (χ1n) is 11.4. The third-order valence-electron chi connectivity index (χ3n) is 5.16. The van der Waals surface area contributed by atoms with Crippen molar-refractivity contribution in [3.05, 3.63) is 33.1 Å². The molecule has 204 valence electrons. The van der Waals surface area contributed by atoms with E-state index in [1.165, 1.54) is 0 Å². The van der Waals surface area contributed by atoms with Crippen LogP contribution < -0.4 is 21.4 Å². The Labute approximate surface area is 206 Å². The number of ether oxygens (including phenoxy) is 3. The lowest BCUT2D eigenvalue weighted by atomic mass is 10.00. The molecule has 4 atom stereocenters. The molecule has 16 heteroatoms. The molecule has 1 aliphatic rings. The van der Waals surface area contributed by atoms with Gasteiger partial charge in [0.15, 0.2) is 6.23 Å². The van der Waals surface area contributed by atoms with Crippen molar-refractivity contribution in [2.45, 2.75) is 45.1 Å². The van der Waals surface area contributed by atoms with Gasteiger partial charge in [-0.05, 0) is 13.8 Å². The molecule has 0 spiro atoms. The molecule has 0 saturated carbocycles. The third-order valence-corrected chi connectivity index (χ3v) is 6.95. The van der Waals surface area contributed by atoms with E-state index in [0.29, 0.717) is 0 Å². The van der Waals surface area contributed by atoms with E-state index in [2.05, 4.69) is 10.2 Å². The molecule has 0 aliphatic carbocycles. The maximum absolute atomic E-state index is 13.8. The van der Waals surface area contributed by atoms with Crippen LogP contribution in [0.2, 0.25) is 0 Å². The Hall–Kier alpha value is -2.42. The number of H-pyrrole nitrogens is 1. The molecule has 36 heavy (non-hydrogen) atoms. The van der Waals surface area contributed by atoms with Crippen molar-refractivity contribution in [3.8, 4) is 0 Å². The summed E-state index contributed by atoms with van der Waals surface area (Å²) in [7, 11) is -3.90. The molecule has 1 saturated heterocycles. The highest BCUT2D eigenvalue weighted by Crippen LogP contribution is 2.40. The number of alkyl halides is 1. The molecule has 14 nitrogen and oxygen atoms in total. The normalized spacial score (nSPS) is 21.9. The fourth-order valence-corrected chi connectivity index (χ4v) is 4.87. The van der Waals surface area contributed by atoms with Crippen molar-refractivity contribution in [1.82, 2.24) is 19.7 Å². The number of hydrogen-bond donors (Lipinski definition) is 4. The topological polar surface area (TPSA) is 187 Å². The highest BCUT2D eigenvalue weighted by Gasteiger charge is 2.46. The van der Waals surface area contributed by atoms with Gasteiger partial charge in [-0.15, -0.1) is 0 Å². The quantitative estimate of drug-likeness (QED) is 0.167. The van der Waals surface area contributed by atoms with Crippen LogP contribution in [0.1, 0.15) is 32.9 Å². The predicted molar refractivity (Wildman–Crippen MR) is 123 cm³/mol. The molecular weight excluding hydrogens is 506 g/mol. The van der Waals surface area contributed by atoms with Crippen LogP contribution in [0.25, 0.3) is 0 Å². The molecule has 1 aromatic heterocycles. The second-order valence-electron chi connectivity index (χ2n) is 7.66. The average Bonchev–Trinajstić information content (AvgIpc) is 3.13. The second-order valence-corrected chi connectivity index (χ2v) is 9.66. The van der Waals surface area contributed by atoms with Crippen molar-refractivity contribution in [3.63, 3.8) is 0 Å². The molecule has 0 aromatic carbocycles. The van der Waals surface area contributed by atoms with Crippen LogP contribution in [-0.4, -0.2) is 78.4 Å². The Bertz CT molecular complexity index is 1010. The maximum Gasteiger partial charge on any atom is 0.340 e. The number of aliphatic hydroxyl groups is 1. The highest BCUT2D eigenvalue weighted by molar-refractivity contribution is 7.54. The summed E-state index contributed by atoms with van der Waals surface area (Å²) in [4.78, 5) is 48.6. The lowest BCUT2D eigenvalue weighted by Crippen LogP contribution is -2.36. The molecule has 4 N–H and O–H groups in total. The highest BCUT2D eigenvalue weighted by atomic mass is 31.2. The first-order valence-corrected chi connectivity index (χ1v) is 13.0. The number of aromatic amines is 1. The monoisotopic (exact) mass is 538 g/mol. The van der Waals surface area contributed by atoms with E-state index >= 15 is 0 Å². The van der Waals surface area contributed by atoms with Crippen molar-refractivity contribution in [2.24, 2.45) is 5.92 Å². The van der Waals surface area contributed by atoms with Gasteiger partial charge in [0.1, 0.15) is 6.10 Å². The summed E-state index contributed by atoms with van der Waals surface area (Å²) in [6.07, 6.45) is -3.06. The van der Waals surface area contributed by atoms with Gasteiger partial charge < -0.3 is 23.8 Å². The maximum atomic E-state index is 13.8. The summed E-state index contributed by atoms with van der Waals surface area (Å²) < 4.78 is 48.7. The molecule has 1 aliphatic heterocycles. The van der Waals surface area contributed by atoms with Gasteiger partial charge in [0.25, 0.3) is 5.56 Å². The minimum atomic E-state index is -3.90. The number of esters is 2. The van der Waals surface area contributed by atoms with Gasteiger partial charge in [-0.3, -0.25) is 32.9 Å². The minimum absolute atomic E-state index is 0.0986. The van der Waals surface area contributed by atoms with E-state index in [0.717, 1.165) is 16.8 Å². The van der Waals surface area contributed by atoms with Crippen LogP contribution in [-0.2, 0) is 32.9 Å². The van der Waals surface area contributed by atoms with E-state index < -0.39 is 68.5 Å². The van der Waals surface area contributed by atoms with E-state index in [4.69, 9.17) is 18.7 Å². The van der Waals surface area contributed by atoms with Crippen molar-refractivity contribution in [2.75, 3.05) is 39.6 Å². The van der Waals surface area contributed by atoms with E-state index in [-0.39, 0.29) is 39.1 Å². The fraction of sp³-hybridized carbons (Fsp3) is 0.700. The van der Waals surface area contributed by atoms with Crippen LogP contribution in [0.15, 0.2) is 21.9 Å². The fourth-order valence-electron chi connectivity index (χ4n) is 3.41. The molecular formula is C20H32FN4O10P. The van der Waals surface area contributed by atoms with Crippen LogP contribution in [0, 0.1) is 5.92 Å². The number of aromatic nitrogens is 2. The lowest BCUT2D eigenvalue weighted by molar-refractivity contribution is -0.143. The van der Waals surface area contributed by atoms with E-state index in [1.54, 1.807) is 13.8 Å². The van der Waals surface area contributed by atoms with E-state index in [1.807, 2.05) is 4.98 Å². The first kappa shape index (κ1) is 29.8. The van der Waals surface area contributed by atoms with Crippen molar-refractivity contribution < 1.29 is 42.4 Å². The second kappa shape index (κ2) is 14.4. The number of nitrogens with one attached hydrogen (secondary N) is 3. The molecule has 2 heterocycles. The summed E-state index contributed by atoms with van der Waals surface area (Å²) in [5.74, 6) is -2.20. The molecule has 0 amide bonds. The Morgan fingerprint density at radius 2 is 1.75 bits per heavy atom. The molecule has 0 bridgehead atoms. The Balaban J connectivity index is 2.08. The number of hydrogen-bond acceptors (Lipinski definition) is 10. The summed E-state index contributed by atoms with van der Waals surface area (Å²) >= 11 is 0. The Morgan fingerprint density at radius 3 is 2.25 bits per heavy atom. The molecule has 1 fully saturated rings. The summed E-state index contributed by atoms with van der Waals surface area (Å²) in [5, 5.41) is 15.7. The van der Waals surface area contributed by atoms with E-state index in [9.17, 15) is 33.2 Å². The SMILES string of the molecule is CCOC(=O)CCNP(=O)(NCCC(=O)OCC)OCC1OC(n2ccc(=O)[nH]c2=O)C(O)C1CF. The van der Waals surface area contributed by atoms with Gasteiger partial charge in [0, 0.05) is 31.3 Å². The van der Waals surface area contributed by atoms with Crippen LogP contribution in [0.3, 0.4) is 0 Å². The lowest BCUT2D eigenvalue weighted by Gasteiger charge is -2.23. The number of carbonyl (C=O) groups excluding carboxylic acids is 2. The standard InChI is InChI=1S/C20H32FN4O10P/c1-3-32-16(27)5-8-22-36(31,23-9-6-17(28)33-4-2)34-12-14-13(11-21)18(29)19(35-14)25-10-7-15(26)24-20(25)30/h7,10,13-14,18-19,29H,3-6,8-9,11-12H2,1-2H3,(H2,22,23,31)(H,24,26,30). The van der Waals surface area contributed by atoms with Gasteiger partial charge in [-0.25, -0.2) is 15.0 Å². The molecule has 0 radical (unpaired) electrons. The van der Waals surface area contributed by atoms with Gasteiger partial charge in [0.2, 0.25) is 0 Å². The minimum Gasteiger partial charge on any atom is -0.466 e. The zero-order chi connectivity index (χ0) is 26.7. The Morgan fingerprint density at radius 1 is 1.17 bits per heavy atom. The van der Waals surface area contributed by atoms with Gasteiger partial charge in [-0.1, -0.05) is 0 Å². The average molecular weight is 538 g/mol. The van der Waals surface area contributed by atoms with Gasteiger partial charge in [-0.2, -0.15) is 0 Å². The van der Waals surface area contributed by atoms with Gasteiger partial charge in [0.05, 0.1) is 45.4 Å². The summed E-state index contributed by atoms with van der Waals surface area (Å²) in [6.45, 7) is 1.92. The number of halogens is 1. The number of aliphatic hydroxyl groups excluding tert-OH is 1. The van der Waals surface area contributed by atoms with Crippen molar-refractivity contribution >= 4 is 19.6 Å². The number of carbonyl (C=O) groups is 2. The van der Waals surface area contributed by atoms with Crippen LogP contribution in [0.4, 0.5) is 4.39 Å². The molecule has 2 rings (SSSR count). The predicted octanol–water partition coefficient (Wildman–Crippen LogP) is -0.409. The zero-order valence-electron chi connectivity index (χ0n) is 20.0. The Kier molecular flexibility index (Phi) is 11.9. The number of rotatable bonds is 15. The smallest absolute Gasteiger partial charge is 0.340 e. The molecule has 1 aromatic rings. The van der Waals surface area contributed by atoms with Crippen LogP contribution >= 0.6 is 7.67 Å². The van der Waals surface area contributed by atoms with Crippen LogP contribution in [0.5, 0.6) is 0 Å². The largest absolute Gasteiger partial charge is 0.466 e. The summed E-state index contributed by atoms with van der Waals surface area (Å²) in [5.41, 5.74) is -1.52. The molecule has 4 unspecified atom stereocenters. The zero-order valence-corrected chi connectivity index (χ0v) is 20.9. The third kappa shape index (κ3) is 8.61. The number of nitrogens with zero attached hydrogens (tertiary/aromatic N) is 1. The summed E-state index contributed by atoms with van der Waals surface area (Å²) in [6, 6.07) is 1.04. The van der Waals surface area contributed by atoms with Gasteiger partial charge >= 0.3 is 25.3 Å². The first-order chi connectivity index (χ1) is 17.1. The van der Waals surface area contributed by atoms with Crippen molar-refractivity contribution in [1.29, 1.82) is 0 Å².